The molecule has 0 spiro atoms. The second kappa shape index (κ2) is 11.4. The van der Waals surface area contributed by atoms with Gasteiger partial charge in [-0.2, -0.15) is 0 Å². The highest BCUT2D eigenvalue weighted by Gasteiger charge is 2.36. The summed E-state index contributed by atoms with van der Waals surface area (Å²) in [5.74, 6) is 0.0224. The lowest BCUT2D eigenvalue weighted by atomic mass is 10.1. The number of carboxylic acids is 1. The minimum atomic E-state index is -0.857. The predicted molar refractivity (Wildman–Crippen MR) is 93.1 cm³/mol. The molecule has 1 heterocycles. The topological polar surface area (TPSA) is 69.9 Å². The fraction of sp³-hybridized carbons (Fsp3) is 0.778. The van der Waals surface area contributed by atoms with Crippen molar-refractivity contribution in [1.82, 2.24) is 0 Å². The number of nitrogens with zero attached hydrogens (tertiary/aromatic N) is 2. The van der Waals surface area contributed by atoms with Crippen LogP contribution < -0.4 is 0 Å². The van der Waals surface area contributed by atoms with Gasteiger partial charge in [0.05, 0.1) is 12.8 Å². The van der Waals surface area contributed by atoms with Crippen molar-refractivity contribution in [2.45, 2.75) is 71.1 Å². The largest absolute Gasteiger partial charge is 0.477 e. The molecule has 0 fully saturated rings. The van der Waals surface area contributed by atoms with Crippen LogP contribution in [0.15, 0.2) is 17.4 Å². The van der Waals surface area contributed by atoms with Gasteiger partial charge in [-0.3, -0.25) is 0 Å². The van der Waals surface area contributed by atoms with Crippen LogP contribution in [0.5, 0.6) is 0 Å². The van der Waals surface area contributed by atoms with Gasteiger partial charge in [-0.25, -0.2) is 14.3 Å². The Balaban J connectivity index is 2.24. The van der Waals surface area contributed by atoms with E-state index in [0.717, 1.165) is 18.7 Å². The molecule has 1 aliphatic rings. The Morgan fingerprint density at radius 2 is 1.70 bits per heavy atom. The summed E-state index contributed by atoms with van der Waals surface area (Å²) in [4.78, 5) is 15.5. The van der Waals surface area contributed by atoms with Crippen molar-refractivity contribution in [3.05, 3.63) is 12.4 Å². The van der Waals surface area contributed by atoms with Crippen LogP contribution in [0.25, 0.3) is 0 Å². The van der Waals surface area contributed by atoms with Crippen LogP contribution in [0.2, 0.25) is 0 Å². The summed E-state index contributed by atoms with van der Waals surface area (Å²) in [5, 5.41) is 18.4. The lowest BCUT2D eigenvalue weighted by Crippen LogP contribution is -2.51. The number of aliphatic imine (C=N–C) groups is 1. The number of aliphatic carboxylic acids is 1. The molecule has 2 N–H and O–H groups in total. The van der Waals surface area contributed by atoms with Crippen LogP contribution >= 0.6 is 0 Å². The zero-order valence-corrected chi connectivity index (χ0v) is 14.5. The van der Waals surface area contributed by atoms with Gasteiger partial charge in [-0.15, -0.1) is 0 Å². The van der Waals surface area contributed by atoms with Crippen molar-refractivity contribution >= 4 is 11.8 Å². The first-order chi connectivity index (χ1) is 11.1. The average Bonchev–Trinajstić information content (AvgIpc) is 2.87. The monoisotopic (exact) mass is 325 g/mol. The summed E-state index contributed by atoms with van der Waals surface area (Å²) in [6.45, 7) is 2.56. The number of rotatable bonds is 14. The predicted octanol–water partition coefficient (Wildman–Crippen LogP) is 3.68. The molecule has 1 rings (SSSR count). The first-order valence-corrected chi connectivity index (χ1v) is 9.09. The molecular weight excluding hydrogens is 292 g/mol. The van der Waals surface area contributed by atoms with Crippen molar-refractivity contribution in [2.75, 3.05) is 19.7 Å². The molecule has 0 aromatic rings. The van der Waals surface area contributed by atoms with Crippen LogP contribution in [0.4, 0.5) is 0 Å². The Bertz CT molecular complexity index is 407. The van der Waals surface area contributed by atoms with E-state index in [0.29, 0.717) is 6.54 Å². The first-order valence-electron chi connectivity index (χ1n) is 9.09. The molecule has 0 saturated carbocycles. The van der Waals surface area contributed by atoms with Crippen molar-refractivity contribution in [3.63, 3.8) is 0 Å². The van der Waals surface area contributed by atoms with Gasteiger partial charge >= 0.3 is 5.97 Å². The molecule has 1 atom stereocenters. The molecule has 0 bridgehead atoms. The number of hydrogen-bond donors (Lipinski definition) is 2. The van der Waals surface area contributed by atoms with E-state index in [1.165, 1.54) is 51.4 Å². The molecule has 0 amide bonds. The van der Waals surface area contributed by atoms with Gasteiger partial charge in [0.1, 0.15) is 12.7 Å². The molecule has 5 heteroatoms. The Morgan fingerprint density at radius 1 is 1.09 bits per heavy atom. The van der Waals surface area contributed by atoms with Crippen LogP contribution in [0, 0.1) is 0 Å². The van der Waals surface area contributed by atoms with Gasteiger partial charge in [-0.1, -0.05) is 58.3 Å². The Morgan fingerprint density at radius 3 is 2.26 bits per heavy atom. The third-order valence-corrected chi connectivity index (χ3v) is 4.51. The van der Waals surface area contributed by atoms with Gasteiger partial charge in [0.15, 0.2) is 6.54 Å². The van der Waals surface area contributed by atoms with E-state index in [4.69, 9.17) is 5.11 Å². The van der Waals surface area contributed by atoms with Gasteiger partial charge in [0.25, 0.3) is 0 Å². The summed E-state index contributed by atoms with van der Waals surface area (Å²) >= 11 is 0. The second-order valence-corrected chi connectivity index (χ2v) is 6.46. The standard InChI is InChI=1S/C18H32N2O3/c1-2-3-4-5-6-7-8-9-10-11-17-19-12-13-20(17,14-15-21)16-18(22)23/h12-13,21H,2-11,14-16H2,1H3/p+1. The van der Waals surface area contributed by atoms with Crippen LogP contribution in [0.3, 0.4) is 0 Å². The number of carboxylic acid groups (broad SMARTS) is 1. The maximum absolute atomic E-state index is 11.1. The molecule has 5 nitrogen and oxygen atoms in total. The SMILES string of the molecule is CCCCCCCCCCCC1=NC=C[N+]1(CCO)CC(=O)O. The van der Waals surface area contributed by atoms with Gasteiger partial charge in [-0.05, 0) is 6.42 Å². The number of aliphatic hydroxyl groups is 1. The highest BCUT2D eigenvalue weighted by Crippen LogP contribution is 2.21. The highest BCUT2D eigenvalue weighted by atomic mass is 16.4. The van der Waals surface area contributed by atoms with E-state index in [1.54, 1.807) is 12.4 Å². The maximum atomic E-state index is 11.1. The van der Waals surface area contributed by atoms with Crippen molar-refractivity contribution in [2.24, 2.45) is 4.99 Å². The fourth-order valence-corrected chi connectivity index (χ4v) is 3.18. The van der Waals surface area contributed by atoms with E-state index in [9.17, 15) is 9.90 Å². The summed E-state index contributed by atoms with van der Waals surface area (Å²) in [5.41, 5.74) is 0. The van der Waals surface area contributed by atoms with Crippen molar-refractivity contribution in [3.8, 4) is 0 Å². The number of unbranched alkanes of at least 4 members (excludes halogenated alkanes) is 8. The molecule has 0 aromatic heterocycles. The van der Waals surface area contributed by atoms with Gasteiger partial charge < -0.3 is 10.2 Å². The third kappa shape index (κ3) is 7.27. The lowest BCUT2D eigenvalue weighted by molar-refractivity contribution is -0.780. The molecule has 0 aromatic carbocycles. The molecular formula is C18H33N2O3+. The zero-order chi connectivity index (χ0) is 17.0. The van der Waals surface area contributed by atoms with Crippen molar-refractivity contribution < 1.29 is 19.5 Å². The normalized spacial score (nSPS) is 20.0. The second-order valence-electron chi connectivity index (χ2n) is 6.46. The van der Waals surface area contributed by atoms with Gasteiger partial charge in [0, 0.05) is 6.42 Å². The van der Waals surface area contributed by atoms with Crippen LogP contribution in [-0.4, -0.2) is 46.2 Å². The number of amidine groups is 1. The zero-order valence-electron chi connectivity index (χ0n) is 14.5. The minimum absolute atomic E-state index is 0.0333. The smallest absolute Gasteiger partial charge is 0.360 e. The maximum Gasteiger partial charge on any atom is 0.360 e. The summed E-state index contributed by atoms with van der Waals surface area (Å²) in [7, 11) is 0. The van der Waals surface area contributed by atoms with Gasteiger partial charge in [0.2, 0.25) is 5.84 Å². The quantitative estimate of drug-likeness (QED) is 0.378. The van der Waals surface area contributed by atoms with E-state index in [-0.39, 0.29) is 17.6 Å². The Labute approximate surface area is 140 Å². The van der Waals surface area contributed by atoms with Crippen LogP contribution in [-0.2, 0) is 4.79 Å². The van der Waals surface area contributed by atoms with E-state index in [2.05, 4.69) is 11.9 Å². The Hall–Kier alpha value is -1.20. The summed E-state index contributed by atoms with van der Waals surface area (Å²) < 4.78 is 0.183. The van der Waals surface area contributed by atoms with E-state index < -0.39 is 5.97 Å². The number of carbonyl (C=O) groups is 1. The molecule has 23 heavy (non-hydrogen) atoms. The fourth-order valence-electron chi connectivity index (χ4n) is 3.18. The minimum Gasteiger partial charge on any atom is -0.477 e. The average molecular weight is 325 g/mol. The van der Waals surface area contributed by atoms with E-state index >= 15 is 0 Å². The molecule has 1 unspecified atom stereocenters. The third-order valence-electron chi connectivity index (χ3n) is 4.51. The molecule has 0 radical (unpaired) electrons. The summed E-state index contributed by atoms with van der Waals surface area (Å²) in [6.07, 6.45) is 15.7. The molecule has 1 aliphatic heterocycles. The summed E-state index contributed by atoms with van der Waals surface area (Å²) in [6, 6.07) is 0. The molecule has 132 valence electrons. The Kier molecular flexibility index (Phi) is 9.80. The lowest BCUT2D eigenvalue weighted by Gasteiger charge is -2.30. The number of aliphatic hydroxyl groups excluding tert-OH is 1. The first kappa shape index (κ1) is 19.8. The highest BCUT2D eigenvalue weighted by molar-refractivity contribution is 5.81. The van der Waals surface area contributed by atoms with Crippen molar-refractivity contribution in [1.29, 1.82) is 0 Å². The number of hydrogen-bond acceptors (Lipinski definition) is 3. The van der Waals surface area contributed by atoms with Crippen LogP contribution in [0.1, 0.15) is 71.1 Å². The number of quaternary nitrogens is 1. The molecule has 0 aliphatic carbocycles. The molecule has 0 saturated heterocycles. The van der Waals surface area contributed by atoms with E-state index in [1.807, 2.05) is 0 Å².